The van der Waals surface area contributed by atoms with Gasteiger partial charge in [-0.1, -0.05) is 0 Å². The smallest absolute Gasteiger partial charge is 0.415 e. The lowest BCUT2D eigenvalue weighted by atomic mass is 10.2. The van der Waals surface area contributed by atoms with Crippen LogP contribution in [0.3, 0.4) is 0 Å². The van der Waals surface area contributed by atoms with Gasteiger partial charge in [-0.25, -0.2) is 62.7 Å². The fourth-order valence-corrected chi connectivity index (χ4v) is 9.09. The minimum Gasteiger partial charge on any atom is -1.00 e. The molecule has 31 nitrogen and oxygen atoms in total. The van der Waals surface area contributed by atoms with E-state index in [0.717, 1.165) is 32.6 Å². The molecule has 5 fully saturated rings. The Bertz CT molecular complexity index is 2900. The number of piperazine rings is 4. The number of carbonyl (C=O) groups is 9. The van der Waals surface area contributed by atoms with Gasteiger partial charge in [-0.2, -0.15) is 4.57 Å². The Morgan fingerprint density at radius 2 is 0.747 bits per heavy atom. The molecule has 91 heavy (non-hydrogen) atoms. The van der Waals surface area contributed by atoms with E-state index in [4.69, 9.17) is 23.7 Å². The van der Waals surface area contributed by atoms with Crippen molar-refractivity contribution in [1.29, 1.82) is 0 Å². The number of esters is 1. The van der Waals surface area contributed by atoms with Gasteiger partial charge in [0.25, 0.3) is 6.33 Å². The predicted octanol–water partition coefficient (Wildman–Crippen LogP) is 1.96. The first-order chi connectivity index (χ1) is 42.2. The summed E-state index contributed by atoms with van der Waals surface area (Å²) in [6, 6.07) is -1.03. The van der Waals surface area contributed by atoms with E-state index >= 15 is 0 Å². The maximum atomic E-state index is 12.6. The molecule has 0 aliphatic carbocycles. The zero-order valence-corrected chi connectivity index (χ0v) is 57.3. The summed E-state index contributed by atoms with van der Waals surface area (Å²) in [5.41, 5.74) is -1.92. The highest BCUT2D eigenvalue weighted by molar-refractivity contribution is 5.84. The van der Waals surface area contributed by atoms with Crippen LogP contribution in [0.5, 0.6) is 0 Å². The first-order valence-corrected chi connectivity index (χ1v) is 30.1. The number of rotatable bonds is 1. The van der Waals surface area contributed by atoms with E-state index in [0.29, 0.717) is 91.5 Å². The minimum absolute atomic E-state index is 0. The van der Waals surface area contributed by atoms with Gasteiger partial charge in [-0.3, -0.25) is 13.7 Å². The molecule has 0 saturated carbocycles. The number of hydrogen-bond acceptors (Lipinski definition) is 18. The standard InChI is InChI=1S/C16H27N3O5.C14H23N4O3.C13H20N4O3.C9H18N2O2.C7H6N4O.HI/c1-16(2,3)24-15(22)18-10-8-17(9-11-18)14(21)19-7-5-6-12(19)13(20)23-4;1-14(2,3)21-13(20)17-9-7-16(8-10-17)12(19)18-6-5-15(4)11-18;1-13(2,3)20-12(19)16-8-6-15(7-9-16)11(18)17-5-4-14-10-17;1-9(2,3)13-8(12)11-6-4-10-5-7-11;12-7(10-3-1-8-5-10)11-4-2-9-6-11;/h12H,5-11H2,1-4H3;5-6,11H,7-10H2,1-4H3;4-5,10H,6-9H2,1-3H3;10H,4-7H2,1-3H3;1-6H;1H/q;+1;;;;/p-1. The lowest BCUT2D eigenvalue weighted by Crippen LogP contribution is -3.00. The van der Waals surface area contributed by atoms with Crippen LogP contribution in [0.1, 0.15) is 95.9 Å². The molecule has 1 unspecified atom stereocenters. The van der Waals surface area contributed by atoms with Crippen molar-refractivity contribution in [2.24, 2.45) is 7.05 Å². The molecule has 5 aliphatic heterocycles. The first-order valence-electron chi connectivity index (χ1n) is 30.1. The largest absolute Gasteiger partial charge is 1.00 e. The molecule has 5 aliphatic rings. The van der Waals surface area contributed by atoms with E-state index in [1.54, 1.807) is 93.5 Å². The maximum Gasteiger partial charge on any atom is 0.415 e. The Hall–Kier alpha value is -8.04. The molecule has 8 amide bonds. The number of hydrogen-bond donors (Lipinski definition) is 1. The maximum absolute atomic E-state index is 12.6. The van der Waals surface area contributed by atoms with E-state index in [1.807, 2.05) is 101 Å². The summed E-state index contributed by atoms with van der Waals surface area (Å²) in [6.07, 6.45) is 19.3. The van der Waals surface area contributed by atoms with Crippen LogP contribution in [0.15, 0.2) is 74.9 Å². The summed E-state index contributed by atoms with van der Waals surface area (Å²) in [7, 11) is 3.20. The number of urea groups is 1. The number of nitrogens with one attached hydrogen (secondary N) is 1. The second kappa shape index (κ2) is 34.4. The third-order valence-corrected chi connectivity index (χ3v) is 13.5. The van der Waals surface area contributed by atoms with Crippen LogP contribution in [0.4, 0.5) is 38.4 Å². The lowest BCUT2D eigenvalue weighted by Gasteiger charge is -2.38. The van der Waals surface area contributed by atoms with E-state index in [1.165, 1.54) is 39.8 Å². The van der Waals surface area contributed by atoms with Crippen LogP contribution >= 0.6 is 0 Å². The molecule has 5 saturated heterocycles. The Morgan fingerprint density at radius 3 is 1.05 bits per heavy atom. The van der Waals surface area contributed by atoms with Crippen molar-refractivity contribution in [3.8, 4) is 0 Å². The highest BCUT2D eigenvalue weighted by Crippen LogP contribution is 2.22. The molecule has 4 aromatic heterocycles. The number of halogens is 1. The van der Waals surface area contributed by atoms with Crippen molar-refractivity contribution < 1.29 is 95.4 Å². The summed E-state index contributed by atoms with van der Waals surface area (Å²) in [5, 5.41) is 3.18. The van der Waals surface area contributed by atoms with Gasteiger partial charge in [0.15, 0.2) is 0 Å². The van der Waals surface area contributed by atoms with E-state index in [2.05, 4.69) is 20.3 Å². The van der Waals surface area contributed by atoms with Gasteiger partial charge in [0.1, 0.15) is 59.8 Å². The molecule has 9 rings (SSSR count). The van der Waals surface area contributed by atoms with E-state index in [9.17, 15) is 43.2 Å². The molecule has 0 radical (unpaired) electrons. The number of nitrogens with zero attached hydrogens (tertiary/aromatic N) is 16. The second-order valence-electron chi connectivity index (χ2n) is 25.5. The quantitative estimate of drug-likeness (QED) is 0.123. The predicted molar refractivity (Wildman–Crippen MR) is 326 cm³/mol. The molecule has 9 heterocycles. The van der Waals surface area contributed by atoms with Crippen LogP contribution in [-0.4, -0.2) is 274 Å². The third kappa shape index (κ3) is 25.3. The van der Waals surface area contributed by atoms with Crippen molar-refractivity contribution in [2.45, 2.75) is 124 Å². The first kappa shape index (κ1) is 75.4. The van der Waals surface area contributed by atoms with Gasteiger partial charge in [-0.05, 0) is 95.9 Å². The molecule has 0 aromatic carbocycles. The van der Waals surface area contributed by atoms with Crippen LogP contribution in [-0.2, 0) is 35.5 Å². The number of carbonyl (C=O) groups excluding carboxylic acids is 9. The zero-order valence-electron chi connectivity index (χ0n) is 55.2. The fraction of sp³-hybridized carbons (Fsp3) is 0.644. The number of aromatic nitrogens is 8. The highest BCUT2D eigenvalue weighted by Gasteiger charge is 2.39. The fourth-order valence-electron chi connectivity index (χ4n) is 9.09. The van der Waals surface area contributed by atoms with Crippen LogP contribution in [0.25, 0.3) is 0 Å². The molecular formula is C59H94IN17O14. The number of imidazole rings is 4. The van der Waals surface area contributed by atoms with Crippen LogP contribution in [0, 0.1) is 0 Å². The van der Waals surface area contributed by atoms with Crippen molar-refractivity contribution in [3.63, 3.8) is 0 Å². The monoisotopic (exact) mass is 1390 g/mol. The normalized spacial score (nSPS) is 16.9. The minimum atomic E-state index is -0.534. The number of amides is 8. The Balaban J connectivity index is 0.000000247. The molecule has 0 bridgehead atoms. The third-order valence-electron chi connectivity index (χ3n) is 13.5. The average molecular weight is 1390 g/mol. The van der Waals surface area contributed by atoms with Crippen LogP contribution in [0.2, 0.25) is 0 Å². The highest BCUT2D eigenvalue weighted by atomic mass is 127. The summed E-state index contributed by atoms with van der Waals surface area (Å²) < 4.78 is 33.6. The van der Waals surface area contributed by atoms with Gasteiger partial charge >= 0.3 is 54.5 Å². The van der Waals surface area contributed by atoms with Gasteiger partial charge in [0, 0.05) is 148 Å². The van der Waals surface area contributed by atoms with Crippen molar-refractivity contribution >= 4 is 54.5 Å². The average Bonchev–Trinajstić information content (AvgIpc) is 2.11. The lowest BCUT2D eigenvalue weighted by molar-refractivity contribution is -0.670. The van der Waals surface area contributed by atoms with Crippen molar-refractivity contribution in [1.82, 2.24) is 77.7 Å². The topological polar surface area (TPSA) is 300 Å². The molecule has 4 aromatic rings. The summed E-state index contributed by atoms with van der Waals surface area (Å²) in [6.45, 7) is 31.6. The van der Waals surface area contributed by atoms with Crippen molar-refractivity contribution in [3.05, 3.63) is 74.9 Å². The van der Waals surface area contributed by atoms with Gasteiger partial charge < -0.3 is 92.2 Å². The molecule has 32 heteroatoms. The Labute approximate surface area is 549 Å². The second-order valence-corrected chi connectivity index (χ2v) is 25.5. The van der Waals surface area contributed by atoms with Gasteiger partial charge in [0.2, 0.25) is 0 Å². The Kier molecular flexibility index (Phi) is 28.5. The molecule has 0 spiro atoms. The molecular weight excluding hydrogens is 1300 g/mol. The number of methoxy groups -OCH3 is 1. The number of aryl methyl sites for hydroxylation is 1. The van der Waals surface area contributed by atoms with Crippen molar-refractivity contribution in [2.75, 3.05) is 118 Å². The Morgan fingerprint density at radius 1 is 0.429 bits per heavy atom. The van der Waals surface area contributed by atoms with Crippen LogP contribution < -0.4 is 33.9 Å². The van der Waals surface area contributed by atoms with E-state index < -0.39 is 22.8 Å². The van der Waals surface area contributed by atoms with Gasteiger partial charge in [0.05, 0.1) is 14.2 Å². The molecule has 1 atom stereocenters. The SMILES string of the molecule is CC(C)(C)OC(=O)N1CCN(C(=O)n2ccnc2)CC1.CC(C)(C)OC(=O)N1CCNCC1.COC(=O)C1CCCN1C(=O)N1CCN(C(=O)OC(C)(C)C)CC1.C[n+]1ccn(C(=O)N2CCN(C(=O)OC(C)(C)C)CC2)c1.O=C(n1ccnc1)n1ccnc1.[I-]. The number of likely N-dealkylation sites (tertiary alicyclic amines) is 1. The van der Waals surface area contributed by atoms with Gasteiger partial charge in [-0.15, -0.1) is 0 Å². The number of ether oxygens (including phenoxy) is 5. The molecule has 1 N–H and O–H groups in total. The van der Waals surface area contributed by atoms with E-state index in [-0.39, 0.29) is 84.0 Å². The molecule has 506 valence electrons. The summed E-state index contributed by atoms with van der Waals surface area (Å²) >= 11 is 0. The summed E-state index contributed by atoms with van der Waals surface area (Å²) in [4.78, 5) is 132. The summed E-state index contributed by atoms with van der Waals surface area (Å²) in [5.74, 6) is -0.367. The zero-order chi connectivity index (χ0) is 66.6.